The summed E-state index contributed by atoms with van der Waals surface area (Å²) in [7, 11) is 0. The van der Waals surface area contributed by atoms with Gasteiger partial charge >= 0.3 is 0 Å². The lowest BCUT2D eigenvalue weighted by Gasteiger charge is -2.09. The van der Waals surface area contributed by atoms with E-state index < -0.39 is 0 Å². The summed E-state index contributed by atoms with van der Waals surface area (Å²) < 4.78 is 1.59. The van der Waals surface area contributed by atoms with Crippen LogP contribution in [0.15, 0.2) is 55.0 Å². The number of nitrogens with one attached hydrogen (secondary N) is 2. The number of anilines is 1. The molecule has 0 atom stereocenters. The van der Waals surface area contributed by atoms with E-state index in [2.05, 4.69) is 25.8 Å². The van der Waals surface area contributed by atoms with Crippen LogP contribution in [0.1, 0.15) is 11.1 Å². The number of nitrogens with zero attached hydrogens (tertiary/aromatic N) is 4. The maximum Gasteiger partial charge on any atom is 0.228 e. The third kappa shape index (κ3) is 2.99. The normalized spacial score (nSPS) is 10.9. The number of para-hydroxylation sites is 1. The number of benzene rings is 2. The Morgan fingerprint density at radius 3 is 2.92 bits per heavy atom. The van der Waals surface area contributed by atoms with Crippen molar-refractivity contribution in [2.24, 2.45) is 0 Å². The van der Waals surface area contributed by atoms with Crippen LogP contribution in [-0.4, -0.2) is 31.1 Å². The van der Waals surface area contributed by atoms with Crippen molar-refractivity contribution in [1.29, 1.82) is 0 Å². The van der Waals surface area contributed by atoms with Gasteiger partial charge in [-0.1, -0.05) is 18.2 Å². The van der Waals surface area contributed by atoms with E-state index in [1.54, 1.807) is 4.68 Å². The predicted octanol–water partition coefficient (Wildman–Crippen LogP) is 2.63. The van der Waals surface area contributed by atoms with Gasteiger partial charge in [-0.3, -0.25) is 4.79 Å². The van der Waals surface area contributed by atoms with Crippen molar-refractivity contribution in [3.05, 3.63) is 66.1 Å². The molecule has 4 aromatic rings. The molecule has 25 heavy (non-hydrogen) atoms. The molecular weight excluding hydrogens is 316 g/mol. The lowest BCUT2D eigenvalue weighted by Crippen LogP contribution is -2.14. The molecule has 0 saturated heterocycles. The maximum atomic E-state index is 12.4. The molecule has 0 radical (unpaired) electrons. The van der Waals surface area contributed by atoms with Crippen LogP contribution in [0.25, 0.3) is 16.6 Å². The molecule has 2 aromatic carbocycles. The fourth-order valence-corrected chi connectivity index (χ4v) is 2.92. The van der Waals surface area contributed by atoms with Crippen LogP contribution in [0.4, 0.5) is 5.69 Å². The zero-order valence-corrected chi connectivity index (χ0v) is 13.6. The van der Waals surface area contributed by atoms with Crippen molar-refractivity contribution in [3.8, 4) is 5.69 Å². The van der Waals surface area contributed by atoms with E-state index in [0.29, 0.717) is 6.42 Å². The van der Waals surface area contributed by atoms with E-state index in [9.17, 15) is 4.79 Å². The quantitative estimate of drug-likeness (QED) is 0.601. The Hall–Kier alpha value is -3.48. The topological polar surface area (TPSA) is 88.5 Å². The van der Waals surface area contributed by atoms with Crippen LogP contribution < -0.4 is 5.32 Å². The molecular formula is C18H16N6O. The van der Waals surface area contributed by atoms with Crippen LogP contribution in [-0.2, 0) is 11.2 Å². The summed E-state index contributed by atoms with van der Waals surface area (Å²) in [4.78, 5) is 15.6. The first-order valence-electron chi connectivity index (χ1n) is 7.89. The van der Waals surface area contributed by atoms with Crippen LogP contribution in [0, 0.1) is 6.92 Å². The highest BCUT2D eigenvalue weighted by Crippen LogP contribution is 2.20. The molecule has 0 aliphatic rings. The van der Waals surface area contributed by atoms with Gasteiger partial charge in [0.05, 0.1) is 12.1 Å². The molecule has 0 fully saturated rings. The summed E-state index contributed by atoms with van der Waals surface area (Å²) in [6.45, 7) is 1.95. The second-order valence-electron chi connectivity index (χ2n) is 5.84. The molecule has 4 rings (SSSR count). The van der Waals surface area contributed by atoms with E-state index in [4.69, 9.17) is 0 Å². The highest BCUT2D eigenvalue weighted by molar-refractivity contribution is 5.95. The Bertz CT molecular complexity index is 1030. The number of hydrogen-bond donors (Lipinski definition) is 2. The lowest BCUT2D eigenvalue weighted by molar-refractivity contribution is -0.115. The molecule has 0 aliphatic carbocycles. The number of aromatic nitrogens is 5. The Balaban J connectivity index is 1.50. The minimum absolute atomic E-state index is 0.0562. The number of carbonyl (C=O) groups excluding carboxylic acids is 1. The van der Waals surface area contributed by atoms with Gasteiger partial charge in [-0.15, -0.1) is 5.10 Å². The monoisotopic (exact) mass is 332 g/mol. The molecule has 0 unspecified atom stereocenters. The van der Waals surface area contributed by atoms with Crippen molar-refractivity contribution in [1.82, 2.24) is 25.2 Å². The zero-order chi connectivity index (χ0) is 17.2. The third-order valence-electron chi connectivity index (χ3n) is 4.10. The molecule has 0 bridgehead atoms. The fourth-order valence-electron chi connectivity index (χ4n) is 2.92. The number of carbonyl (C=O) groups is 1. The van der Waals surface area contributed by atoms with E-state index in [0.717, 1.165) is 33.4 Å². The van der Waals surface area contributed by atoms with Crippen molar-refractivity contribution >= 4 is 22.5 Å². The number of tetrazole rings is 1. The fraction of sp³-hybridized carbons (Fsp3) is 0.111. The number of fused-ring (bicyclic) bond motifs is 1. The first kappa shape index (κ1) is 15.1. The summed E-state index contributed by atoms with van der Waals surface area (Å²) >= 11 is 0. The minimum Gasteiger partial charge on any atom is -0.361 e. The van der Waals surface area contributed by atoms with Crippen molar-refractivity contribution in [2.75, 3.05) is 5.32 Å². The van der Waals surface area contributed by atoms with Gasteiger partial charge in [-0.25, -0.2) is 4.68 Å². The minimum atomic E-state index is -0.0562. The summed E-state index contributed by atoms with van der Waals surface area (Å²) in [6, 6.07) is 13.6. The van der Waals surface area contributed by atoms with Crippen LogP contribution in [0.5, 0.6) is 0 Å². The summed E-state index contributed by atoms with van der Waals surface area (Å²) in [5.74, 6) is -0.0562. The summed E-state index contributed by atoms with van der Waals surface area (Å²) in [5, 5.41) is 15.2. The molecule has 7 heteroatoms. The Morgan fingerprint density at radius 1 is 1.24 bits per heavy atom. The Labute approximate surface area is 143 Å². The Kier molecular flexibility index (Phi) is 3.74. The lowest BCUT2D eigenvalue weighted by atomic mass is 10.1. The van der Waals surface area contributed by atoms with Crippen molar-refractivity contribution in [3.63, 3.8) is 0 Å². The molecule has 2 N–H and O–H groups in total. The van der Waals surface area contributed by atoms with Gasteiger partial charge in [0.15, 0.2) is 0 Å². The highest BCUT2D eigenvalue weighted by Gasteiger charge is 2.10. The average molecular weight is 332 g/mol. The van der Waals surface area contributed by atoms with Crippen molar-refractivity contribution < 1.29 is 4.79 Å². The van der Waals surface area contributed by atoms with Gasteiger partial charge in [-0.2, -0.15) is 0 Å². The van der Waals surface area contributed by atoms with E-state index in [1.165, 1.54) is 6.33 Å². The third-order valence-corrected chi connectivity index (χ3v) is 4.10. The largest absolute Gasteiger partial charge is 0.361 e. The molecule has 0 spiro atoms. The second kappa shape index (κ2) is 6.20. The molecule has 124 valence electrons. The number of aromatic amines is 1. The average Bonchev–Trinajstić information content (AvgIpc) is 3.26. The number of aryl methyl sites for hydroxylation is 1. The molecule has 0 aliphatic heterocycles. The first-order valence-corrected chi connectivity index (χ1v) is 7.89. The van der Waals surface area contributed by atoms with E-state index in [1.807, 2.05) is 55.6 Å². The van der Waals surface area contributed by atoms with Gasteiger partial charge < -0.3 is 10.3 Å². The van der Waals surface area contributed by atoms with Gasteiger partial charge in [-0.05, 0) is 52.7 Å². The van der Waals surface area contributed by atoms with Crippen LogP contribution >= 0.6 is 0 Å². The van der Waals surface area contributed by atoms with Crippen LogP contribution in [0.3, 0.4) is 0 Å². The van der Waals surface area contributed by atoms with Crippen LogP contribution in [0.2, 0.25) is 0 Å². The van der Waals surface area contributed by atoms with Gasteiger partial charge in [0.2, 0.25) is 5.91 Å². The number of H-pyrrole nitrogens is 1. The molecule has 7 nitrogen and oxygen atoms in total. The predicted molar refractivity (Wildman–Crippen MR) is 94.5 cm³/mol. The zero-order valence-electron chi connectivity index (χ0n) is 13.6. The Morgan fingerprint density at radius 2 is 2.12 bits per heavy atom. The summed E-state index contributed by atoms with van der Waals surface area (Å²) in [6.07, 6.45) is 3.74. The van der Waals surface area contributed by atoms with Crippen molar-refractivity contribution in [2.45, 2.75) is 13.3 Å². The second-order valence-corrected chi connectivity index (χ2v) is 5.84. The number of amides is 1. The van der Waals surface area contributed by atoms with Gasteiger partial charge in [0.1, 0.15) is 6.33 Å². The summed E-state index contributed by atoms with van der Waals surface area (Å²) in [5.41, 5.74) is 4.61. The molecule has 1 amide bonds. The van der Waals surface area contributed by atoms with E-state index in [-0.39, 0.29) is 5.91 Å². The van der Waals surface area contributed by atoms with E-state index >= 15 is 0 Å². The number of rotatable bonds is 4. The molecule has 2 heterocycles. The maximum absolute atomic E-state index is 12.4. The van der Waals surface area contributed by atoms with Gasteiger partial charge in [0.25, 0.3) is 0 Å². The standard InChI is InChI=1S/C18H16N6O/c1-12-8-14(6-7-17(12)24-11-20-22-23-24)21-18(25)9-13-10-19-16-5-3-2-4-15(13)16/h2-8,10-11,19H,9H2,1H3,(H,21,25). The SMILES string of the molecule is Cc1cc(NC(=O)Cc2c[nH]c3ccccc23)ccc1-n1cnnn1. The number of hydrogen-bond acceptors (Lipinski definition) is 4. The molecule has 2 aromatic heterocycles. The smallest absolute Gasteiger partial charge is 0.228 e. The van der Waals surface area contributed by atoms with Gasteiger partial charge in [0, 0.05) is 22.8 Å². The molecule has 0 saturated carbocycles. The highest BCUT2D eigenvalue weighted by atomic mass is 16.1. The first-order chi connectivity index (χ1) is 12.2.